The zero-order valence-electron chi connectivity index (χ0n) is 13.4. The number of benzene rings is 1. The van der Waals surface area contributed by atoms with Crippen molar-refractivity contribution < 1.29 is 9.59 Å². The third-order valence-electron chi connectivity index (χ3n) is 4.22. The molecule has 0 fully saturated rings. The third kappa shape index (κ3) is 3.39. The van der Waals surface area contributed by atoms with Gasteiger partial charge in [-0.25, -0.2) is 0 Å². The number of carbonyl (C=O) groups excluding carboxylic acids is 2. The van der Waals surface area contributed by atoms with E-state index in [0.717, 1.165) is 35.7 Å². The van der Waals surface area contributed by atoms with Gasteiger partial charge in [0.05, 0.1) is 11.1 Å². The van der Waals surface area contributed by atoms with Crippen molar-refractivity contribution in [2.45, 2.75) is 32.1 Å². The minimum Gasteiger partial charge on any atom is -0.355 e. The van der Waals surface area contributed by atoms with Crippen LogP contribution in [0, 0.1) is 0 Å². The fourth-order valence-electron chi connectivity index (χ4n) is 3.01. The standard InChI is InChI=1S/C18H19BrN2O2S/c1-20-17(23)15-12-8-3-2-4-10-14(12)24-18(15)21-16(22)11-7-5-6-9-13(11)19/h5-7,9H,2-4,8,10H2,1H3,(H,20,23)(H,21,22). The van der Waals surface area contributed by atoms with Gasteiger partial charge < -0.3 is 10.6 Å². The summed E-state index contributed by atoms with van der Waals surface area (Å²) >= 11 is 4.94. The highest BCUT2D eigenvalue weighted by Crippen LogP contribution is 2.37. The molecule has 3 rings (SSSR count). The molecule has 1 aromatic carbocycles. The van der Waals surface area contributed by atoms with Gasteiger partial charge in [-0.2, -0.15) is 0 Å². The summed E-state index contributed by atoms with van der Waals surface area (Å²) in [6.45, 7) is 0. The summed E-state index contributed by atoms with van der Waals surface area (Å²) in [7, 11) is 1.63. The van der Waals surface area contributed by atoms with Gasteiger partial charge in [0.25, 0.3) is 11.8 Å². The van der Waals surface area contributed by atoms with E-state index in [4.69, 9.17) is 0 Å². The summed E-state index contributed by atoms with van der Waals surface area (Å²) in [5, 5.41) is 6.31. The minimum absolute atomic E-state index is 0.128. The highest BCUT2D eigenvalue weighted by Gasteiger charge is 2.25. The van der Waals surface area contributed by atoms with Gasteiger partial charge in [0.1, 0.15) is 5.00 Å². The summed E-state index contributed by atoms with van der Waals surface area (Å²) in [6, 6.07) is 7.28. The van der Waals surface area contributed by atoms with Gasteiger partial charge in [0.2, 0.25) is 0 Å². The van der Waals surface area contributed by atoms with Crippen molar-refractivity contribution in [1.29, 1.82) is 0 Å². The number of rotatable bonds is 3. The lowest BCUT2D eigenvalue weighted by molar-refractivity contribution is 0.0963. The van der Waals surface area contributed by atoms with Gasteiger partial charge in [-0.05, 0) is 59.3 Å². The topological polar surface area (TPSA) is 58.2 Å². The first-order valence-electron chi connectivity index (χ1n) is 8.04. The Morgan fingerprint density at radius 2 is 1.83 bits per heavy atom. The molecule has 0 atom stereocenters. The Bertz CT molecular complexity index is 785. The number of hydrogen-bond acceptors (Lipinski definition) is 3. The van der Waals surface area contributed by atoms with Gasteiger partial charge in [-0.1, -0.05) is 18.6 Å². The Labute approximate surface area is 153 Å². The molecule has 24 heavy (non-hydrogen) atoms. The first kappa shape index (κ1) is 17.2. The number of hydrogen-bond donors (Lipinski definition) is 2. The molecule has 0 bridgehead atoms. The van der Waals surface area contributed by atoms with Gasteiger partial charge in [-0.15, -0.1) is 11.3 Å². The van der Waals surface area contributed by atoms with Crippen molar-refractivity contribution in [1.82, 2.24) is 5.32 Å². The van der Waals surface area contributed by atoms with Crippen LogP contribution in [0.25, 0.3) is 0 Å². The quantitative estimate of drug-likeness (QED) is 0.742. The molecular formula is C18H19BrN2O2S. The summed E-state index contributed by atoms with van der Waals surface area (Å²) in [4.78, 5) is 26.2. The lowest BCUT2D eigenvalue weighted by Gasteiger charge is -2.09. The summed E-state index contributed by atoms with van der Waals surface area (Å²) in [5.41, 5.74) is 2.31. The van der Waals surface area contributed by atoms with E-state index in [0.29, 0.717) is 16.1 Å². The fourth-order valence-corrected chi connectivity index (χ4v) is 4.76. The molecule has 1 heterocycles. The Morgan fingerprint density at radius 3 is 2.58 bits per heavy atom. The van der Waals surface area contributed by atoms with Crippen molar-refractivity contribution >= 4 is 44.1 Å². The Balaban J connectivity index is 1.97. The molecule has 0 spiro atoms. The zero-order chi connectivity index (χ0) is 17.1. The van der Waals surface area contributed by atoms with Crippen LogP contribution in [0.3, 0.4) is 0 Å². The van der Waals surface area contributed by atoms with E-state index in [-0.39, 0.29) is 11.8 Å². The molecule has 0 aliphatic heterocycles. The maximum absolute atomic E-state index is 12.6. The smallest absolute Gasteiger partial charge is 0.257 e. The molecule has 0 unspecified atom stereocenters. The van der Waals surface area contributed by atoms with E-state index in [1.54, 1.807) is 13.1 Å². The maximum Gasteiger partial charge on any atom is 0.257 e. The molecule has 0 saturated heterocycles. The van der Waals surface area contributed by atoms with Gasteiger partial charge >= 0.3 is 0 Å². The second-order valence-electron chi connectivity index (χ2n) is 5.78. The normalized spacial score (nSPS) is 13.8. The molecule has 1 aromatic heterocycles. The summed E-state index contributed by atoms with van der Waals surface area (Å²) in [5.74, 6) is -0.333. The number of nitrogens with one attached hydrogen (secondary N) is 2. The van der Waals surface area contributed by atoms with Crippen molar-refractivity contribution in [2.24, 2.45) is 0 Å². The van der Waals surface area contributed by atoms with E-state index >= 15 is 0 Å². The lowest BCUT2D eigenvalue weighted by atomic mass is 10.0. The van der Waals surface area contributed by atoms with Gasteiger partial charge in [0.15, 0.2) is 0 Å². The number of fused-ring (bicyclic) bond motifs is 1. The SMILES string of the molecule is CNC(=O)c1c(NC(=O)c2ccccc2Br)sc2c1CCCCC2. The van der Waals surface area contributed by atoms with Gasteiger partial charge in [-0.3, -0.25) is 9.59 Å². The largest absolute Gasteiger partial charge is 0.355 e. The Morgan fingerprint density at radius 1 is 1.08 bits per heavy atom. The molecule has 2 aromatic rings. The average molecular weight is 407 g/mol. The summed E-state index contributed by atoms with van der Waals surface area (Å²) < 4.78 is 0.738. The van der Waals surface area contributed by atoms with Crippen LogP contribution >= 0.6 is 27.3 Å². The molecule has 0 radical (unpaired) electrons. The van der Waals surface area contributed by atoms with E-state index in [1.807, 2.05) is 18.2 Å². The number of amides is 2. The van der Waals surface area contributed by atoms with Crippen molar-refractivity contribution in [2.75, 3.05) is 12.4 Å². The van der Waals surface area contributed by atoms with Crippen LogP contribution < -0.4 is 10.6 Å². The zero-order valence-corrected chi connectivity index (χ0v) is 15.9. The molecular weight excluding hydrogens is 388 g/mol. The number of anilines is 1. The van der Waals surface area contributed by atoms with Crippen molar-refractivity contribution in [3.05, 3.63) is 50.3 Å². The van der Waals surface area contributed by atoms with Crippen molar-refractivity contribution in [3.63, 3.8) is 0 Å². The van der Waals surface area contributed by atoms with E-state index in [2.05, 4.69) is 26.6 Å². The number of carbonyl (C=O) groups is 2. The molecule has 1 aliphatic carbocycles. The predicted molar refractivity (Wildman–Crippen MR) is 101 cm³/mol. The fraction of sp³-hybridized carbons (Fsp3) is 0.333. The van der Waals surface area contributed by atoms with E-state index in [9.17, 15) is 9.59 Å². The Kier molecular flexibility index (Phi) is 5.36. The average Bonchev–Trinajstić information content (AvgIpc) is 2.75. The van der Waals surface area contributed by atoms with E-state index in [1.165, 1.54) is 22.6 Å². The van der Waals surface area contributed by atoms with E-state index < -0.39 is 0 Å². The summed E-state index contributed by atoms with van der Waals surface area (Å²) in [6.07, 6.45) is 5.30. The maximum atomic E-state index is 12.6. The molecule has 126 valence electrons. The first-order chi connectivity index (χ1) is 11.6. The lowest BCUT2D eigenvalue weighted by Crippen LogP contribution is -2.21. The Hall–Kier alpha value is -1.66. The minimum atomic E-state index is -0.205. The van der Waals surface area contributed by atoms with Gasteiger partial charge in [0, 0.05) is 16.4 Å². The number of thiophene rings is 1. The van der Waals surface area contributed by atoms with Crippen molar-refractivity contribution in [3.8, 4) is 0 Å². The van der Waals surface area contributed by atoms with Crippen LogP contribution in [0.5, 0.6) is 0 Å². The third-order valence-corrected chi connectivity index (χ3v) is 6.12. The van der Waals surface area contributed by atoms with Crippen LogP contribution in [0.2, 0.25) is 0 Å². The van der Waals surface area contributed by atoms with Crippen LogP contribution in [-0.4, -0.2) is 18.9 Å². The molecule has 2 amide bonds. The number of halogens is 1. The molecule has 6 heteroatoms. The highest BCUT2D eigenvalue weighted by atomic mass is 79.9. The molecule has 4 nitrogen and oxygen atoms in total. The second-order valence-corrected chi connectivity index (χ2v) is 7.74. The van der Waals surface area contributed by atoms with Crippen LogP contribution in [0.1, 0.15) is 50.4 Å². The second kappa shape index (κ2) is 7.49. The molecule has 2 N–H and O–H groups in total. The molecule has 0 saturated carbocycles. The first-order valence-corrected chi connectivity index (χ1v) is 9.65. The number of aryl methyl sites for hydroxylation is 1. The predicted octanol–water partition coefficient (Wildman–Crippen LogP) is 4.39. The monoisotopic (exact) mass is 406 g/mol. The molecule has 1 aliphatic rings. The van der Waals surface area contributed by atoms with Crippen LogP contribution in [0.4, 0.5) is 5.00 Å². The van der Waals surface area contributed by atoms with Crippen LogP contribution in [-0.2, 0) is 12.8 Å². The highest BCUT2D eigenvalue weighted by molar-refractivity contribution is 9.10. The van der Waals surface area contributed by atoms with Crippen LogP contribution in [0.15, 0.2) is 28.7 Å².